The van der Waals surface area contributed by atoms with Gasteiger partial charge in [-0.1, -0.05) is 0 Å². The topological polar surface area (TPSA) is 105 Å². The van der Waals surface area contributed by atoms with Crippen LogP contribution in [0.25, 0.3) is 0 Å². The molecule has 1 fully saturated rings. The summed E-state index contributed by atoms with van der Waals surface area (Å²) >= 11 is 1.14. The summed E-state index contributed by atoms with van der Waals surface area (Å²) in [6, 6.07) is 0. The number of nitrogens with zero attached hydrogens (tertiary/aromatic N) is 1. The molecule has 2 rings (SSSR count). The van der Waals surface area contributed by atoms with Crippen LogP contribution in [0.15, 0.2) is 0 Å². The summed E-state index contributed by atoms with van der Waals surface area (Å²) < 4.78 is 10.4. The van der Waals surface area contributed by atoms with E-state index >= 15 is 0 Å². The van der Waals surface area contributed by atoms with Crippen LogP contribution < -0.4 is 15.4 Å². The lowest BCUT2D eigenvalue weighted by atomic mass is 10.3. The summed E-state index contributed by atoms with van der Waals surface area (Å²) in [5.74, 6) is -0.130. The molecule has 118 valence electrons. The largest absolute Gasteiger partial charge is 0.486 e. The molecule has 2 unspecified atom stereocenters. The number of hydrogen-bond acceptors (Lipinski definition) is 8. The Morgan fingerprint density at radius 1 is 1.38 bits per heavy atom. The Hall–Kier alpha value is -1.51. The first-order valence-corrected chi connectivity index (χ1v) is 7.45. The Bertz CT molecular complexity index is 521. The zero-order valence-corrected chi connectivity index (χ0v) is 13.0. The zero-order chi connectivity index (χ0) is 15.7. The van der Waals surface area contributed by atoms with Gasteiger partial charge in [0.15, 0.2) is 5.75 Å². The second-order valence-corrected chi connectivity index (χ2v) is 6.18. The minimum absolute atomic E-state index is 0.122. The molecule has 1 aliphatic heterocycles. The molecular weight excluding hydrogens is 296 g/mol. The lowest BCUT2D eigenvalue weighted by Crippen LogP contribution is -2.22. The molecule has 0 aliphatic carbocycles. The van der Waals surface area contributed by atoms with Gasteiger partial charge in [0, 0.05) is 13.1 Å². The number of rotatable bonds is 4. The van der Waals surface area contributed by atoms with Gasteiger partial charge in [0.2, 0.25) is 0 Å². The maximum atomic E-state index is 11.8. The van der Waals surface area contributed by atoms with Crippen molar-refractivity contribution >= 4 is 28.0 Å². The van der Waals surface area contributed by atoms with Crippen molar-refractivity contribution in [3.8, 4) is 5.75 Å². The SMILES string of the molecule is COC(=O)c1sc(N2CC(O)C(O)C2)c(OC(C)C)c1N. The van der Waals surface area contributed by atoms with Crippen molar-refractivity contribution in [3.05, 3.63) is 4.88 Å². The van der Waals surface area contributed by atoms with Gasteiger partial charge in [0.05, 0.1) is 25.4 Å². The van der Waals surface area contributed by atoms with E-state index in [-0.39, 0.29) is 29.8 Å². The number of β-amino-alcohol motifs (C(OH)–C–C–N with tert-alkyl or cyclic N) is 2. The van der Waals surface area contributed by atoms with Crippen LogP contribution in [0.4, 0.5) is 10.7 Å². The Morgan fingerprint density at radius 3 is 2.43 bits per heavy atom. The zero-order valence-electron chi connectivity index (χ0n) is 12.2. The highest BCUT2D eigenvalue weighted by Gasteiger charge is 2.35. The molecule has 0 saturated carbocycles. The lowest BCUT2D eigenvalue weighted by Gasteiger charge is -2.19. The first-order valence-electron chi connectivity index (χ1n) is 6.63. The van der Waals surface area contributed by atoms with E-state index in [1.165, 1.54) is 7.11 Å². The maximum absolute atomic E-state index is 11.8. The van der Waals surface area contributed by atoms with Crippen molar-refractivity contribution in [2.24, 2.45) is 0 Å². The molecule has 1 saturated heterocycles. The van der Waals surface area contributed by atoms with E-state index in [1.807, 2.05) is 13.8 Å². The molecule has 7 nitrogen and oxygen atoms in total. The molecule has 1 aromatic rings. The summed E-state index contributed by atoms with van der Waals surface area (Å²) in [6.45, 7) is 4.23. The van der Waals surface area contributed by atoms with Crippen LogP contribution in [0.5, 0.6) is 5.75 Å². The second-order valence-electron chi connectivity index (χ2n) is 5.18. The molecule has 1 aromatic heterocycles. The summed E-state index contributed by atoms with van der Waals surface area (Å²) in [5.41, 5.74) is 6.23. The molecule has 2 atom stereocenters. The third-order valence-corrected chi connectivity index (χ3v) is 4.38. The minimum atomic E-state index is -0.832. The molecule has 0 aromatic carbocycles. The van der Waals surface area contributed by atoms with Crippen LogP contribution in [0.2, 0.25) is 0 Å². The van der Waals surface area contributed by atoms with Crippen molar-refractivity contribution in [3.63, 3.8) is 0 Å². The van der Waals surface area contributed by atoms with Crippen molar-refractivity contribution in [1.82, 2.24) is 0 Å². The number of nitrogens with two attached hydrogens (primary N) is 1. The number of aliphatic hydroxyl groups excluding tert-OH is 2. The van der Waals surface area contributed by atoms with Crippen molar-refractivity contribution in [2.45, 2.75) is 32.2 Å². The average Bonchev–Trinajstić information content (AvgIpc) is 2.91. The van der Waals surface area contributed by atoms with E-state index in [2.05, 4.69) is 0 Å². The van der Waals surface area contributed by atoms with Gasteiger partial charge in [-0.3, -0.25) is 0 Å². The van der Waals surface area contributed by atoms with E-state index in [9.17, 15) is 15.0 Å². The van der Waals surface area contributed by atoms with E-state index in [0.29, 0.717) is 10.8 Å². The normalized spacial score (nSPS) is 21.9. The van der Waals surface area contributed by atoms with Gasteiger partial charge in [-0.05, 0) is 13.8 Å². The number of anilines is 2. The van der Waals surface area contributed by atoms with Crippen molar-refractivity contribution in [2.75, 3.05) is 30.8 Å². The highest BCUT2D eigenvalue weighted by molar-refractivity contribution is 7.19. The maximum Gasteiger partial charge on any atom is 0.350 e. The molecule has 8 heteroatoms. The summed E-state index contributed by atoms with van der Waals surface area (Å²) in [5, 5.41) is 20.0. The number of carbonyl (C=O) groups excluding carboxylic acids is 1. The average molecular weight is 316 g/mol. The molecule has 0 radical (unpaired) electrons. The van der Waals surface area contributed by atoms with Crippen LogP contribution in [-0.4, -0.2) is 54.7 Å². The van der Waals surface area contributed by atoms with Gasteiger partial charge in [0.25, 0.3) is 0 Å². The third-order valence-electron chi connectivity index (χ3n) is 3.15. The van der Waals surface area contributed by atoms with Gasteiger partial charge in [0.1, 0.15) is 15.6 Å². The fourth-order valence-corrected chi connectivity index (χ4v) is 3.25. The molecular formula is C13H20N2O5S. The molecule has 0 spiro atoms. The number of thiophene rings is 1. The monoisotopic (exact) mass is 316 g/mol. The van der Waals surface area contributed by atoms with Gasteiger partial charge < -0.3 is 30.3 Å². The molecule has 0 amide bonds. The van der Waals surface area contributed by atoms with Gasteiger partial charge >= 0.3 is 5.97 Å². The van der Waals surface area contributed by atoms with Gasteiger partial charge in [-0.15, -0.1) is 11.3 Å². The Labute approximate surface area is 126 Å². The van der Waals surface area contributed by atoms with Crippen molar-refractivity contribution in [1.29, 1.82) is 0 Å². The van der Waals surface area contributed by atoms with E-state index in [1.54, 1.807) is 4.90 Å². The predicted molar refractivity (Wildman–Crippen MR) is 80.1 cm³/mol. The van der Waals surface area contributed by atoms with Crippen LogP contribution in [0.3, 0.4) is 0 Å². The van der Waals surface area contributed by atoms with Crippen molar-refractivity contribution < 1.29 is 24.5 Å². The lowest BCUT2D eigenvalue weighted by molar-refractivity contribution is 0.0572. The minimum Gasteiger partial charge on any atom is -0.486 e. The number of nitrogen functional groups attached to an aromatic ring is 1. The Morgan fingerprint density at radius 2 is 1.95 bits per heavy atom. The molecule has 2 heterocycles. The smallest absolute Gasteiger partial charge is 0.350 e. The quantitative estimate of drug-likeness (QED) is 0.692. The number of carbonyl (C=O) groups is 1. The van der Waals surface area contributed by atoms with E-state index in [4.69, 9.17) is 15.2 Å². The summed E-state index contributed by atoms with van der Waals surface area (Å²) in [6.07, 6.45) is -1.79. The van der Waals surface area contributed by atoms with Crippen LogP contribution in [-0.2, 0) is 4.74 Å². The van der Waals surface area contributed by atoms with E-state index in [0.717, 1.165) is 11.3 Å². The fourth-order valence-electron chi connectivity index (χ4n) is 2.15. The summed E-state index contributed by atoms with van der Waals surface area (Å²) in [4.78, 5) is 13.8. The van der Waals surface area contributed by atoms with Crippen LogP contribution >= 0.6 is 11.3 Å². The molecule has 4 N–H and O–H groups in total. The number of esters is 1. The number of ether oxygens (including phenoxy) is 2. The van der Waals surface area contributed by atoms with Gasteiger partial charge in [-0.25, -0.2) is 4.79 Å². The Balaban J connectivity index is 2.41. The molecule has 0 bridgehead atoms. The summed E-state index contributed by atoms with van der Waals surface area (Å²) in [7, 11) is 1.29. The highest BCUT2D eigenvalue weighted by atomic mass is 32.1. The highest BCUT2D eigenvalue weighted by Crippen LogP contribution is 2.46. The number of methoxy groups -OCH3 is 1. The molecule has 21 heavy (non-hydrogen) atoms. The number of hydrogen-bond donors (Lipinski definition) is 3. The van der Waals surface area contributed by atoms with Crippen LogP contribution in [0, 0.1) is 0 Å². The third kappa shape index (κ3) is 3.07. The predicted octanol–water partition coefficient (Wildman–Crippen LogP) is 0.446. The van der Waals surface area contributed by atoms with E-state index < -0.39 is 18.2 Å². The van der Waals surface area contributed by atoms with Gasteiger partial charge in [-0.2, -0.15) is 0 Å². The fraction of sp³-hybridized carbons (Fsp3) is 0.615. The Kier molecular flexibility index (Phi) is 4.60. The second kappa shape index (κ2) is 6.08. The first-order chi connectivity index (χ1) is 9.85. The standard InChI is InChI=1S/C13H20N2O5S/c1-6(2)20-10-9(14)11(13(18)19-3)21-12(10)15-4-7(16)8(17)5-15/h6-8,16-17H,4-5,14H2,1-3H3. The molecule has 1 aliphatic rings. The number of aliphatic hydroxyl groups is 2. The first kappa shape index (κ1) is 15.9. The van der Waals surface area contributed by atoms with Crippen LogP contribution in [0.1, 0.15) is 23.5 Å².